The van der Waals surface area contributed by atoms with Crippen molar-refractivity contribution in [2.45, 2.75) is 19.6 Å². The fourth-order valence-corrected chi connectivity index (χ4v) is 1.83. The van der Waals surface area contributed by atoms with Crippen LogP contribution in [0.2, 0.25) is 5.02 Å². The van der Waals surface area contributed by atoms with Gasteiger partial charge in [0.05, 0.1) is 32.5 Å². The van der Waals surface area contributed by atoms with E-state index in [0.29, 0.717) is 37.9 Å². The third kappa shape index (κ3) is 8.86. The highest BCUT2D eigenvalue weighted by Crippen LogP contribution is 2.15. The Morgan fingerprint density at radius 2 is 2.14 bits per heavy atom. The van der Waals surface area contributed by atoms with E-state index in [1.54, 1.807) is 0 Å². The van der Waals surface area contributed by atoms with Crippen molar-refractivity contribution in [1.82, 2.24) is 5.32 Å². The van der Waals surface area contributed by atoms with Gasteiger partial charge < -0.3 is 19.9 Å². The Balaban J connectivity index is 2.02. The first-order valence-electron chi connectivity index (χ1n) is 7.01. The first-order chi connectivity index (χ1) is 10.1. The zero-order valence-corrected chi connectivity index (χ0v) is 13.2. The van der Waals surface area contributed by atoms with Crippen molar-refractivity contribution in [2.75, 3.05) is 32.9 Å². The van der Waals surface area contributed by atoms with Crippen LogP contribution in [0.5, 0.6) is 0 Å². The van der Waals surface area contributed by atoms with Crippen LogP contribution in [0.15, 0.2) is 36.4 Å². The number of ether oxygens (including phenoxy) is 2. The van der Waals surface area contributed by atoms with Gasteiger partial charge in [0.25, 0.3) is 0 Å². The predicted molar refractivity (Wildman–Crippen MR) is 85.6 cm³/mol. The van der Waals surface area contributed by atoms with Crippen LogP contribution in [-0.2, 0) is 16.1 Å². The largest absolute Gasteiger partial charge is 0.389 e. The van der Waals surface area contributed by atoms with E-state index in [2.05, 4.69) is 11.9 Å². The van der Waals surface area contributed by atoms with Crippen molar-refractivity contribution in [3.05, 3.63) is 47.0 Å². The molecule has 118 valence electrons. The second-order valence-corrected chi connectivity index (χ2v) is 5.38. The van der Waals surface area contributed by atoms with E-state index in [-0.39, 0.29) is 6.61 Å². The summed E-state index contributed by atoms with van der Waals surface area (Å²) in [4.78, 5) is 0. The predicted octanol–water partition coefficient (Wildman–Crippen LogP) is 2.40. The maximum atomic E-state index is 9.77. The van der Waals surface area contributed by atoms with Crippen LogP contribution in [0, 0.1) is 0 Å². The second kappa shape index (κ2) is 10.8. The molecule has 2 N–H and O–H groups in total. The van der Waals surface area contributed by atoms with Gasteiger partial charge in [-0.15, -0.1) is 0 Å². The maximum Gasteiger partial charge on any atom is 0.0897 e. The molecule has 0 radical (unpaired) electrons. The summed E-state index contributed by atoms with van der Waals surface area (Å²) in [6.45, 7) is 8.68. The molecule has 0 aliphatic carbocycles. The Labute approximate surface area is 131 Å². The van der Waals surface area contributed by atoms with Crippen molar-refractivity contribution in [3.8, 4) is 0 Å². The number of halogens is 1. The summed E-state index contributed by atoms with van der Waals surface area (Å²) in [7, 11) is 0. The lowest BCUT2D eigenvalue weighted by atomic mass is 10.2. The van der Waals surface area contributed by atoms with E-state index in [1.165, 1.54) is 0 Å². The number of aliphatic hydroxyl groups is 1. The topological polar surface area (TPSA) is 50.7 Å². The average Bonchev–Trinajstić information content (AvgIpc) is 2.44. The Hall–Kier alpha value is -0.910. The number of nitrogens with one attached hydrogen (secondary N) is 1. The summed E-state index contributed by atoms with van der Waals surface area (Å²) in [5, 5.41) is 13.6. The Kier molecular flexibility index (Phi) is 9.30. The van der Waals surface area contributed by atoms with Crippen molar-refractivity contribution >= 4 is 11.6 Å². The lowest BCUT2D eigenvalue weighted by molar-refractivity contribution is 0.0280. The maximum absolute atomic E-state index is 9.77. The molecule has 0 amide bonds. The minimum Gasteiger partial charge on any atom is -0.389 e. The molecule has 1 rings (SSSR count). The van der Waals surface area contributed by atoms with Gasteiger partial charge in [-0.2, -0.15) is 0 Å². The highest BCUT2D eigenvalue weighted by molar-refractivity contribution is 6.31. The van der Waals surface area contributed by atoms with Crippen LogP contribution in [0.25, 0.3) is 0 Å². The quantitative estimate of drug-likeness (QED) is 0.486. The summed E-state index contributed by atoms with van der Waals surface area (Å²) in [6, 6.07) is 7.52. The van der Waals surface area contributed by atoms with Crippen LogP contribution in [-0.4, -0.2) is 44.1 Å². The standard InChI is InChI=1S/C16H24ClNO3/c1-13(2)10-20-8-7-18-9-15(19)12-21-11-14-5-3-4-6-16(14)17/h3-6,15,18-19H,1,7-12H2,2H3. The van der Waals surface area contributed by atoms with E-state index >= 15 is 0 Å². The summed E-state index contributed by atoms with van der Waals surface area (Å²) >= 11 is 6.02. The molecule has 1 aromatic rings. The van der Waals surface area contributed by atoms with Gasteiger partial charge >= 0.3 is 0 Å². The third-order valence-corrected chi connectivity index (χ3v) is 3.05. The molecule has 0 heterocycles. The normalized spacial score (nSPS) is 12.3. The summed E-state index contributed by atoms with van der Waals surface area (Å²) in [6.07, 6.45) is -0.548. The Morgan fingerprint density at radius 1 is 1.38 bits per heavy atom. The number of hydrogen-bond acceptors (Lipinski definition) is 4. The lowest BCUT2D eigenvalue weighted by Crippen LogP contribution is -2.32. The van der Waals surface area contributed by atoms with Crippen molar-refractivity contribution in [1.29, 1.82) is 0 Å². The fraction of sp³-hybridized carbons (Fsp3) is 0.500. The number of benzene rings is 1. The van der Waals surface area contributed by atoms with Gasteiger partial charge in [-0.05, 0) is 18.6 Å². The number of hydrogen-bond donors (Lipinski definition) is 2. The SMILES string of the molecule is C=C(C)COCCNCC(O)COCc1ccccc1Cl. The minimum atomic E-state index is -0.548. The summed E-state index contributed by atoms with van der Waals surface area (Å²) in [5.41, 5.74) is 1.93. The van der Waals surface area contributed by atoms with Crippen molar-refractivity contribution in [3.63, 3.8) is 0 Å². The van der Waals surface area contributed by atoms with Gasteiger partial charge in [0.1, 0.15) is 0 Å². The molecule has 0 aliphatic rings. The molecule has 1 aromatic carbocycles. The van der Waals surface area contributed by atoms with E-state index in [0.717, 1.165) is 11.1 Å². The van der Waals surface area contributed by atoms with Gasteiger partial charge in [-0.1, -0.05) is 42.0 Å². The van der Waals surface area contributed by atoms with Gasteiger partial charge in [0.15, 0.2) is 0 Å². The highest BCUT2D eigenvalue weighted by atomic mass is 35.5. The highest BCUT2D eigenvalue weighted by Gasteiger charge is 2.05. The molecule has 1 unspecified atom stereocenters. The zero-order valence-electron chi connectivity index (χ0n) is 12.5. The molecule has 21 heavy (non-hydrogen) atoms. The van der Waals surface area contributed by atoms with Crippen LogP contribution in [0.4, 0.5) is 0 Å². The van der Waals surface area contributed by atoms with Crippen molar-refractivity contribution < 1.29 is 14.6 Å². The molecule has 1 atom stereocenters. The van der Waals surface area contributed by atoms with Crippen molar-refractivity contribution in [2.24, 2.45) is 0 Å². The van der Waals surface area contributed by atoms with E-state index < -0.39 is 6.10 Å². The molecule has 0 bridgehead atoms. The Bertz CT molecular complexity index is 426. The minimum absolute atomic E-state index is 0.269. The molecule has 0 aromatic heterocycles. The molecule has 0 fully saturated rings. The Morgan fingerprint density at radius 3 is 2.86 bits per heavy atom. The smallest absolute Gasteiger partial charge is 0.0897 e. The number of aliphatic hydroxyl groups excluding tert-OH is 1. The summed E-state index contributed by atoms with van der Waals surface area (Å²) in [5.74, 6) is 0. The van der Waals surface area contributed by atoms with Gasteiger partial charge in [0.2, 0.25) is 0 Å². The van der Waals surface area contributed by atoms with Crippen LogP contribution >= 0.6 is 11.6 Å². The number of rotatable bonds is 11. The average molecular weight is 314 g/mol. The molecular formula is C16H24ClNO3. The first-order valence-corrected chi connectivity index (χ1v) is 7.39. The molecule has 4 nitrogen and oxygen atoms in total. The molecule has 0 aliphatic heterocycles. The second-order valence-electron chi connectivity index (χ2n) is 4.97. The molecule has 0 saturated heterocycles. The van der Waals surface area contributed by atoms with E-state index in [4.69, 9.17) is 21.1 Å². The van der Waals surface area contributed by atoms with Gasteiger partial charge in [0, 0.05) is 18.1 Å². The van der Waals surface area contributed by atoms with E-state index in [1.807, 2.05) is 31.2 Å². The van der Waals surface area contributed by atoms with Crippen LogP contribution in [0.1, 0.15) is 12.5 Å². The third-order valence-electron chi connectivity index (χ3n) is 2.68. The summed E-state index contributed by atoms with van der Waals surface area (Å²) < 4.78 is 10.8. The zero-order chi connectivity index (χ0) is 15.5. The first kappa shape index (κ1) is 18.1. The molecule has 5 heteroatoms. The van der Waals surface area contributed by atoms with Gasteiger partial charge in [-0.3, -0.25) is 0 Å². The lowest BCUT2D eigenvalue weighted by Gasteiger charge is -2.13. The molecule has 0 spiro atoms. The van der Waals surface area contributed by atoms with E-state index in [9.17, 15) is 5.11 Å². The van der Waals surface area contributed by atoms with Crippen LogP contribution in [0.3, 0.4) is 0 Å². The monoisotopic (exact) mass is 313 g/mol. The molecular weight excluding hydrogens is 290 g/mol. The van der Waals surface area contributed by atoms with Crippen LogP contribution < -0.4 is 5.32 Å². The molecule has 0 saturated carbocycles. The van der Waals surface area contributed by atoms with Gasteiger partial charge in [-0.25, -0.2) is 0 Å². The fourth-order valence-electron chi connectivity index (χ4n) is 1.64.